The third kappa shape index (κ3) is 7.89. The average molecular weight is 449 g/mol. The van der Waals surface area contributed by atoms with E-state index in [0.717, 1.165) is 23.1 Å². The van der Waals surface area contributed by atoms with Gasteiger partial charge in [0.1, 0.15) is 11.6 Å². The lowest BCUT2D eigenvalue weighted by atomic mass is 9.93. The van der Waals surface area contributed by atoms with Gasteiger partial charge >= 0.3 is 0 Å². The number of nitrogens with two attached hydrogens (primary N) is 1. The van der Waals surface area contributed by atoms with E-state index in [9.17, 15) is 15.0 Å². The molecule has 7 nitrogen and oxygen atoms in total. The lowest BCUT2D eigenvalue weighted by Gasteiger charge is -2.28. The van der Waals surface area contributed by atoms with Crippen molar-refractivity contribution in [2.24, 2.45) is 0 Å². The summed E-state index contributed by atoms with van der Waals surface area (Å²) in [5.41, 5.74) is 8.94. The fourth-order valence-corrected chi connectivity index (χ4v) is 3.64. The van der Waals surface area contributed by atoms with Crippen molar-refractivity contribution in [2.45, 2.75) is 44.9 Å². The zero-order valence-corrected chi connectivity index (χ0v) is 19.1. The Bertz CT molecular complexity index is 1070. The summed E-state index contributed by atoms with van der Waals surface area (Å²) >= 11 is 0. The zero-order valence-electron chi connectivity index (χ0n) is 19.1. The van der Waals surface area contributed by atoms with Crippen molar-refractivity contribution in [3.63, 3.8) is 0 Å². The minimum Gasteiger partial charge on any atom is -0.508 e. The number of phenolic OH excluding ortho intramolecular Hbond substituents is 1. The fourth-order valence-electron chi connectivity index (χ4n) is 3.64. The molecule has 0 unspecified atom stereocenters. The maximum atomic E-state index is 12.4. The second-order valence-electron chi connectivity index (χ2n) is 8.92. The van der Waals surface area contributed by atoms with Gasteiger partial charge in [0.05, 0.1) is 12.5 Å². The Balaban J connectivity index is 1.51. The molecule has 6 N–H and O–H groups in total. The molecule has 1 atom stereocenters. The fraction of sp³-hybridized carbons (Fsp3) is 0.308. The van der Waals surface area contributed by atoms with E-state index in [1.807, 2.05) is 30.3 Å². The van der Waals surface area contributed by atoms with Crippen LogP contribution in [0.15, 0.2) is 66.9 Å². The number of aliphatic hydroxyl groups is 1. The van der Waals surface area contributed by atoms with Crippen molar-refractivity contribution in [1.82, 2.24) is 15.6 Å². The second-order valence-corrected chi connectivity index (χ2v) is 8.92. The van der Waals surface area contributed by atoms with Crippen LogP contribution in [0.4, 0.5) is 5.82 Å². The van der Waals surface area contributed by atoms with Crippen LogP contribution in [0, 0.1) is 0 Å². The number of benzene rings is 2. The molecule has 7 heteroatoms. The van der Waals surface area contributed by atoms with Crippen LogP contribution >= 0.6 is 0 Å². The predicted octanol–water partition coefficient (Wildman–Crippen LogP) is 2.87. The molecule has 1 amide bonds. The number of amides is 1. The molecule has 1 heterocycles. The van der Waals surface area contributed by atoms with E-state index in [2.05, 4.69) is 29.5 Å². The smallest absolute Gasteiger partial charge is 0.224 e. The zero-order chi connectivity index (χ0) is 23.8. The van der Waals surface area contributed by atoms with Gasteiger partial charge in [-0.3, -0.25) is 4.79 Å². The van der Waals surface area contributed by atoms with E-state index in [-0.39, 0.29) is 23.6 Å². The van der Waals surface area contributed by atoms with Gasteiger partial charge in [-0.05, 0) is 55.2 Å². The van der Waals surface area contributed by atoms with Crippen molar-refractivity contribution in [2.75, 3.05) is 12.3 Å². The highest BCUT2D eigenvalue weighted by Crippen LogP contribution is 2.18. The molecule has 0 fully saturated rings. The van der Waals surface area contributed by atoms with Gasteiger partial charge in [-0.15, -0.1) is 0 Å². The number of nitrogens with zero attached hydrogens (tertiary/aromatic N) is 1. The number of hydrogen-bond acceptors (Lipinski definition) is 6. The highest BCUT2D eigenvalue weighted by Gasteiger charge is 2.20. The summed E-state index contributed by atoms with van der Waals surface area (Å²) in [5.74, 6) is 0.531. The van der Waals surface area contributed by atoms with Gasteiger partial charge in [0.2, 0.25) is 5.91 Å². The van der Waals surface area contributed by atoms with Crippen LogP contribution in [-0.4, -0.2) is 33.2 Å². The number of hydrogen-bond donors (Lipinski definition) is 5. The number of carbonyl (C=O) groups is 1. The topological polar surface area (TPSA) is 120 Å². The van der Waals surface area contributed by atoms with E-state index in [1.54, 1.807) is 36.5 Å². The highest BCUT2D eigenvalue weighted by molar-refractivity contribution is 5.78. The number of rotatable bonds is 10. The minimum atomic E-state index is -0.682. The van der Waals surface area contributed by atoms with Crippen molar-refractivity contribution in [3.05, 3.63) is 89.1 Å². The minimum absolute atomic E-state index is 0.0758. The lowest BCUT2D eigenvalue weighted by molar-refractivity contribution is -0.120. The summed E-state index contributed by atoms with van der Waals surface area (Å²) in [4.78, 5) is 16.4. The number of nitrogens with one attached hydrogen (secondary N) is 2. The van der Waals surface area contributed by atoms with E-state index in [0.29, 0.717) is 24.5 Å². The first-order chi connectivity index (χ1) is 15.7. The van der Waals surface area contributed by atoms with Crippen LogP contribution in [0.3, 0.4) is 0 Å². The highest BCUT2D eigenvalue weighted by atomic mass is 16.3. The Labute approximate surface area is 194 Å². The van der Waals surface area contributed by atoms with Gasteiger partial charge in [-0.1, -0.05) is 42.5 Å². The van der Waals surface area contributed by atoms with Crippen LogP contribution < -0.4 is 16.4 Å². The summed E-state index contributed by atoms with van der Waals surface area (Å²) in [7, 11) is 0. The number of β-amino-alcohol motifs (C(OH)–C–C–N with tert-alkyl or cyclic N) is 1. The molecule has 0 spiro atoms. The number of nitrogen functional groups attached to an aromatic ring is 1. The molecule has 0 aliphatic rings. The molecule has 1 aromatic heterocycles. The third-order valence-corrected chi connectivity index (χ3v) is 5.37. The quantitative estimate of drug-likeness (QED) is 0.325. The average Bonchev–Trinajstić information content (AvgIpc) is 2.77. The Kier molecular flexibility index (Phi) is 8.03. The molecule has 0 aliphatic heterocycles. The van der Waals surface area contributed by atoms with Gasteiger partial charge in [0.25, 0.3) is 0 Å². The Morgan fingerprint density at radius 2 is 1.79 bits per heavy atom. The largest absolute Gasteiger partial charge is 0.508 e. The molecular weight excluding hydrogens is 416 g/mol. The summed E-state index contributed by atoms with van der Waals surface area (Å²) in [6, 6.07) is 18.3. The summed E-state index contributed by atoms with van der Waals surface area (Å²) < 4.78 is 0. The summed E-state index contributed by atoms with van der Waals surface area (Å²) in [6.07, 6.45) is 1.92. The summed E-state index contributed by atoms with van der Waals surface area (Å²) in [6.45, 7) is 4.91. The van der Waals surface area contributed by atoms with Crippen LogP contribution in [0.1, 0.15) is 42.2 Å². The molecular formula is C26H32N4O3. The van der Waals surface area contributed by atoms with Gasteiger partial charge < -0.3 is 26.6 Å². The molecule has 174 valence electrons. The maximum absolute atomic E-state index is 12.4. The van der Waals surface area contributed by atoms with Crippen LogP contribution in [0.25, 0.3) is 0 Å². The van der Waals surface area contributed by atoms with Crippen LogP contribution in [-0.2, 0) is 24.2 Å². The number of aromatic nitrogens is 1. The third-order valence-electron chi connectivity index (χ3n) is 5.37. The van der Waals surface area contributed by atoms with Gasteiger partial charge in [0.15, 0.2) is 0 Å². The van der Waals surface area contributed by atoms with E-state index < -0.39 is 6.10 Å². The molecule has 3 rings (SSSR count). The predicted molar refractivity (Wildman–Crippen MR) is 129 cm³/mol. The number of anilines is 1. The number of aliphatic hydroxyl groups excluding tert-OH is 1. The molecule has 0 aliphatic carbocycles. The molecule has 2 aromatic carbocycles. The molecule has 3 aromatic rings. The number of pyridine rings is 1. The van der Waals surface area contributed by atoms with E-state index in [4.69, 9.17) is 5.73 Å². The molecule has 0 saturated heterocycles. The SMILES string of the molecule is CC(C)(Cc1cccc(CC(=O)NCc2cccc(O)c2)c1)NC[C@H](O)c1ccc(N)nc1. The van der Waals surface area contributed by atoms with Gasteiger partial charge in [0, 0.05) is 30.4 Å². The standard InChI is InChI=1S/C26H32N4O3/c1-26(2,30-17-23(32)21-9-10-24(27)28-16-21)14-19-6-3-5-18(11-19)13-25(33)29-15-20-7-4-8-22(31)12-20/h3-12,16,23,30-32H,13-15,17H2,1-2H3,(H2,27,28)(H,29,33)/t23-/m0/s1. The van der Waals surface area contributed by atoms with Crippen molar-refractivity contribution in [1.29, 1.82) is 0 Å². The lowest BCUT2D eigenvalue weighted by Crippen LogP contribution is -2.43. The maximum Gasteiger partial charge on any atom is 0.224 e. The Morgan fingerprint density at radius 1 is 1.06 bits per heavy atom. The van der Waals surface area contributed by atoms with Gasteiger partial charge in [-0.25, -0.2) is 4.98 Å². The monoisotopic (exact) mass is 448 g/mol. The number of carbonyl (C=O) groups excluding carboxylic acids is 1. The number of aromatic hydroxyl groups is 1. The van der Waals surface area contributed by atoms with Crippen LogP contribution in [0.2, 0.25) is 0 Å². The Hall–Kier alpha value is -3.42. The number of phenols is 1. The first-order valence-corrected chi connectivity index (χ1v) is 11.0. The van der Waals surface area contributed by atoms with Crippen molar-refractivity contribution >= 4 is 11.7 Å². The molecule has 0 saturated carbocycles. The van der Waals surface area contributed by atoms with Crippen molar-refractivity contribution in [3.8, 4) is 5.75 Å². The van der Waals surface area contributed by atoms with E-state index in [1.165, 1.54) is 0 Å². The molecule has 0 bridgehead atoms. The Morgan fingerprint density at radius 3 is 2.52 bits per heavy atom. The van der Waals surface area contributed by atoms with E-state index >= 15 is 0 Å². The molecule has 0 radical (unpaired) electrons. The van der Waals surface area contributed by atoms with Crippen LogP contribution in [0.5, 0.6) is 5.75 Å². The normalized spacial score (nSPS) is 12.3. The second kappa shape index (κ2) is 10.9. The molecule has 33 heavy (non-hydrogen) atoms. The van der Waals surface area contributed by atoms with Crippen molar-refractivity contribution < 1.29 is 15.0 Å². The first-order valence-electron chi connectivity index (χ1n) is 11.0. The summed E-state index contributed by atoms with van der Waals surface area (Å²) in [5, 5.41) is 26.3. The first kappa shape index (κ1) is 24.2. The van der Waals surface area contributed by atoms with Gasteiger partial charge in [-0.2, -0.15) is 0 Å².